The van der Waals surface area contributed by atoms with Gasteiger partial charge in [0.15, 0.2) is 5.78 Å². The Labute approximate surface area is 156 Å². The van der Waals surface area contributed by atoms with Crippen molar-refractivity contribution in [1.82, 2.24) is 0 Å². The van der Waals surface area contributed by atoms with Crippen LogP contribution in [0.2, 0.25) is 0 Å². The smallest absolute Gasteiger partial charge is 0.206 e. The van der Waals surface area contributed by atoms with E-state index in [4.69, 9.17) is 4.99 Å². The van der Waals surface area contributed by atoms with Crippen molar-refractivity contribution in [3.63, 3.8) is 0 Å². The van der Waals surface area contributed by atoms with Gasteiger partial charge in [0.05, 0.1) is 17.9 Å². The molecule has 2 aliphatic heterocycles. The maximum absolute atomic E-state index is 12.8. The maximum Gasteiger partial charge on any atom is 0.206 e. The van der Waals surface area contributed by atoms with Crippen LogP contribution in [-0.2, 0) is 0 Å². The van der Waals surface area contributed by atoms with Crippen LogP contribution in [0.3, 0.4) is 0 Å². The van der Waals surface area contributed by atoms with Crippen molar-refractivity contribution in [3.8, 4) is 0 Å². The lowest BCUT2D eigenvalue weighted by molar-refractivity contribution is 0.100. The number of nitrogens with zero attached hydrogens (tertiary/aromatic N) is 3. The molecule has 0 aromatic heterocycles. The van der Waals surface area contributed by atoms with Gasteiger partial charge in [-0.05, 0) is 55.7 Å². The van der Waals surface area contributed by atoms with Crippen LogP contribution in [0.4, 0.5) is 11.4 Å². The minimum absolute atomic E-state index is 0.104. The molecule has 0 radical (unpaired) electrons. The minimum Gasteiger partial charge on any atom is -0.310 e. The fourth-order valence-electron chi connectivity index (χ4n) is 3.40. The molecule has 2 heterocycles. The van der Waals surface area contributed by atoms with E-state index in [1.807, 2.05) is 24.3 Å². The van der Waals surface area contributed by atoms with E-state index in [2.05, 4.69) is 51.7 Å². The van der Waals surface area contributed by atoms with Gasteiger partial charge in [0.1, 0.15) is 0 Å². The number of aryl methyl sites for hydroxylation is 2. The molecular weight excluding hydrogens is 378 g/mol. The lowest BCUT2D eigenvalue weighted by Crippen LogP contribution is -2.43. The van der Waals surface area contributed by atoms with Gasteiger partial charge >= 0.3 is 0 Å². The van der Waals surface area contributed by atoms with Crippen LogP contribution in [0.15, 0.2) is 45.9 Å². The van der Waals surface area contributed by atoms with E-state index >= 15 is 0 Å². The van der Waals surface area contributed by atoms with E-state index in [-0.39, 0.29) is 5.78 Å². The lowest BCUT2D eigenvalue weighted by Gasteiger charge is -2.26. The van der Waals surface area contributed by atoms with Gasteiger partial charge in [-0.1, -0.05) is 28.1 Å². The Morgan fingerprint density at radius 3 is 2.52 bits per heavy atom. The third-order valence-electron chi connectivity index (χ3n) is 4.92. The first-order chi connectivity index (χ1) is 12.0. The molecule has 0 spiro atoms. The quantitative estimate of drug-likeness (QED) is 0.722. The minimum atomic E-state index is 0.104. The van der Waals surface area contributed by atoms with Gasteiger partial charge in [-0.25, -0.2) is 0 Å². The number of anilines is 2. The van der Waals surface area contributed by atoms with Crippen molar-refractivity contribution in [1.29, 1.82) is 0 Å². The topological polar surface area (TPSA) is 35.9 Å². The van der Waals surface area contributed by atoms with Crippen LogP contribution in [0.5, 0.6) is 0 Å². The number of hydrogen-bond acceptors (Lipinski definition) is 4. The van der Waals surface area contributed by atoms with Crippen LogP contribution in [0, 0.1) is 13.8 Å². The SMILES string of the molecule is Cc1cc2c(cc1C)N(CC(=O)c1ccc(Br)cc1)C1=NCCCN12. The lowest BCUT2D eigenvalue weighted by atomic mass is 10.1. The molecule has 0 atom stereocenters. The van der Waals surface area contributed by atoms with Crippen molar-refractivity contribution in [2.75, 3.05) is 29.4 Å². The Kier molecular flexibility index (Phi) is 4.12. The zero-order valence-corrected chi connectivity index (χ0v) is 16.0. The summed E-state index contributed by atoms with van der Waals surface area (Å²) in [6, 6.07) is 11.9. The average molecular weight is 398 g/mol. The highest BCUT2D eigenvalue weighted by Crippen LogP contribution is 2.40. The molecule has 0 bridgehead atoms. The number of halogens is 1. The van der Waals surface area contributed by atoms with Gasteiger partial charge in [-0.3, -0.25) is 9.79 Å². The molecular formula is C20H20BrN3O. The number of hydrogen-bond donors (Lipinski definition) is 0. The average Bonchev–Trinajstić information content (AvgIpc) is 2.89. The molecule has 4 rings (SSSR count). The molecule has 128 valence electrons. The number of carbonyl (C=O) groups excluding carboxylic acids is 1. The molecule has 0 saturated carbocycles. The Morgan fingerprint density at radius 1 is 1.12 bits per heavy atom. The summed E-state index contributed by atoms with van der Waals surface area (Å²) >= 11 is 3.42. The molecule has 2 aromatic carbocycles. The van der Waals surface area contributed by atoms with E-state index in [0.717, 1.165) is 41.2 Å². The maximum atomic E-state index is 12.8. The molecule has 0 N–H and O–H groups in total. The van der Waals surface area contributed by atoms with Crippen molar-refractivity contribution in [2.24, 2.45) is 4.99 Å². The Hall–Kier alpha value is -2.14. The Balaban J connectivity index is 1.71. The summed E-state index contributed by atoms with van der Waals surface area (Å²) in [5.41, 5.74) is 5.49. The summed E-state index contributed by atoms with van der Waals surface area (Å²) in [4.78, 5) is 21.9. The van der Waals surface area contributed by atoms with Gasteiger partial charge in [0, 0.05) is 23.1 Å². The van der Waals surface area contributed by atoms with Crippen LogP contribution >= 0.6 is 15.9 Å². The highest BCUT2D eigenvalue weighted by atomic mass is 79.9. The van der Waals surface area contributed by atoms with Gasteiger partial charge < -0.3 is 9.80 Å². The zero-order valence-electron chi connectivity index (χ0n) is 14.4. The molecule has 0 saturated heterocycles. The van der Waals surface area contributed by atoms with Crippen LogP contribution < -0.4 is 9.80 Å². The third-order valence-corrected chi connectivity index (χ3v) is 5.44. The summed E-state index contributed by atoms with van der Waals surface area (Å²) in [6.45, 7) is 6.33. The normalized spacial score (nSPS) is 15.7. The molecule has 0 aliphatic carbocycles. The molecule has 0 fully saturated rings. The molecule has 0 unspecified atom stereocenters. The molecule has 4 nitrogen and oxygen atoms in total. The fourth-order valence-corrected chi connectivity index (χ4v) is 3.67. The predicted molar refractivity (Wildman–Crippen MR) is 106 cm³/mol. The number of fused-ring (bicyclic) bond motifs is 3. The zero-order chi connectivity index (χ0) is 17.6. The van der Waals surface area contributed by atoms with E-state index < -0.39 is 0 Å². The number of benzene rings is 2. The number of carbonyl (C=O) groups is 1. The fraction of sp³-hybridized carbons (Fsp3) is 0.300. The monoisotopic (exact) mass is 397 g/mol. The van der Waals surface area contributed by atoms with Crippen LogP contribution in [0.1, 0.15) is 27.9 Å². The second-order valence-electron chi connectivity index (χ2n) is 6.63. The van der Waals surface area contributed by atoms with Gasteiger partial charge in [-0.2, -0.15) is 0 Å². The van der Waals surface area contributed by atoms with Crippen molar-refractivity contribution >= 4 is 39.0 Å². The third kappa shape index (κ3) is 2.86. The van der Waals surface area contributed by atoms with Crippen molar-refractivity contribution in [2.45, 2.75) is 20.3 Å². The second kappa shape index (κ2) is 6.30. The largest absolute Gasteiger partial charge is 0.310 e. The van der Waals surface area contributed by atoms with Crippen LogP contribution in [-0.4, -0.2) is 31.4 Å². The predicted octanol–water partition coefficient (Wildman–Crippen LogP) is 4.33. The van der Waals surface area contributed by atoms with Crippen molar-refractivity contribution < 1.29 is 4.79 Å². The molecule has 5 heteroatoms. The van der Waals surface area contributed by atoms with E-state index in [0.29, 0.717) is 6.54 Å². The summed E-state index contributed by atoms with van der Waals surface area (Å²) in [6.07, 6.45) is 1.05. The molecule has 2 aromatic rings. The first-order valence-electron chi connectivity index (χ1n) is 8.54. The number of aliphatic imine (C=N–C) groups is 1. The van der Waals surface area contributed by atoms with E-state index in [1.165, 1.54) is 16.8 Å². The highest BCUT2D eigenvalue weighted by molar-refractivity contribution is 9.10. The molecule has 2 aliphatic rings. The summed E-state index contributed by atoms with van der Waals surface area (Å²) < 4.78 is 0.976. The Morgan fingerprint density at radius 2 is 1.80 bits per heavy atom. The van der Waals surface area contributed by atoms with Crippen LogP contribution in [0.25, 0.3) is 0 Å². The summed E-state index contributed by atoms with van der Waals surface area (Å²) in [5.74, 6) is 1.02. The number of rotatable bonds is 3. The first-order valence-corrected chi connectivity index (χ1v) is 9.33. The standard InChI is InChI=1S/C20H20BrN3O/c1-13-10-17-18(11-14(13)2)24(20-22-8-3-9-23(17)20)12-19(25)15-4-6-16(21)7-5-15/h4-7,10-11H,3,8-9,12H2,1-2H3. The number of ketones is 1. The summed E-state index contributed by atoms with van der Waals surface area (Å²) in [7, 11) is 0. The highest BCUT2D eigenvalue weighted by Gasteiger charge is 2.35. The van der Waals surface area contributed by atoms with E-state index in [9.17, 15) is 4.79 Å². The number of Topliss-reactive ketones (excluding diaryl/α,β-unsaturated/α-hetero) is 1. The van der Waals surface area contributed by atoms with E-state index in [1.54, 1.807) is 0 Å². The molecule has 25 heavy (non-hydrogen) atoms. The number of guanidine groups is 1. The van der Waals surface area contributed by atoms with Gasteiger partial charge in [-0.15, -0.1) is 0 Å². The van der Waals surface area contributed by atoms with Crippen molar-refractivity contribution in [3.05, 3.63) is 57.6 Å². The first kappa shape index (κ1) is 16.3. The molecule has 0 amide bonds. The Bertz CT molecular complexity index is 873. The van der Waals surface area contributed by atoms with Gasteiger partial charge in [0.25, 0.3) is 0 Å². The van der Waals surface area contributed by atoms with Gasteiger partial charge in [0.2, 0.25) is 5.96 Å². The second-order valence-corrected chi connectivity index (χ2v) is 7.54. The summed E-state index contributed by atoms with van der Waals surface area (Å²) in [5, 5.41) is 0.